The zero-order valence-electron chi connectivity index (χ0n) is 13.5. The lowest BCUT2D eigenvalue weighted by Crippen LogP contribution is -2.16. The standard InChI is InChI=1S/C17H14FN7S/c18-13-8-6-11(7-9-13)15-22-21-14(25(15)19)10-20-17-24-23-16(26-17)12-4-2-1-3-5-12/h1-9H,10,19H2,(H,20,24). The summed E-state index contributed by atoms with van der Waals surface area (Å²) in [6.45, 7) is 0.341. The minimum Gasteiger partial charge on any atom is -0.353 e. The van der Waals surface area contributed by atoms with E-state index in [2.05, 4.69) is 25.7 Å². The Bertz CT molecular complexity index is 1010. The Balaban J connectivity index is 1.47. The van der Waals surface area contributed by atoms with E-state index >= 15 is 0 Å². The van der Waals surface area contributed by atoms with Gasteiger partial charge in [-0.2, -0.15) is 0 Å². The first-order valence-corrected chi connectivity index (χ1v) is 8.60. The molecule has 0 aliphatic carbocycles. The molecule has 2 aromatic carbocycles. The van der Waals surface area contributed by atoms with Crippen molar-refractivity contribution in [2.45, 2.75) is 6.54 Å². The van der Waals surface area contributed by atoms with E-state index in [1.165, 1.54) is 28.1 Å². The summed E-state index contributed by atoms with van der Waals surface area (Å²) in [6.07, 6.45) is 0. The third-order valence-corrected chi connectivity index (χ3v) is 4.64. The maximum Gasteiger partial charge on any atom is 0.206 e. The van der Waals surface area contributed by atoms with Gasteiger partial charge in [0.25, 0.3) is 0 Å². The molecule has 0 bridgehead atoms. The number of nitrogens with zero attached hydrogens (tertiary/aromatic N) is 5. The first kappa shape index (κ1) is 16.2. The summed E-state index contributed by atoms with van der Waals surface area (Å²) in [5.41, 5.74) is 1.70. The number of aromatic nitrogens is 5. The number of rotatable bonds is 5. The molecule has 0 atom stereocenters. The van der Waals surface area contributed by atoms with Crippen molar-refractivity contribution in [1.82, 2.24) is 25.1 Å². The third kappa shape index (κ3) is 3.24. The summed E-state index contributed by atoms with van der Waals surface area (Å²) in [4.78, 5) is 0. The van der Waals surface area contributed by atoms with Crippen molar-refractivity contribution in [2.24, 2.45) is 0 Å². The van der Waals surface area contributed by atoms with Crippen LogP contribution in [0.15, 0.2) is 54.6 Å². The van der Waals surface area contributed by atoms with Crippen LogP contribution >= 0.6 is 11.3 Å². The molecular formula is C17H14FN7S. The van der Waals surface area contributed by atoms with Gasteiger partial charge >= 0.3 is 0 Å². The van der Waals surface area contributed by atoms with E-state index in [9.17, 15) is 4.39 Å². The van der Waals surface area contributed by atoms with Gasteiger partial charge in [0.05, 0.1) is 6.54 Å². The molecule has 0 amide bonds. The first-order chi connectivity index (χ1) is 12.7. The van der Waals surface area contributed by atoms with Crippen molar-refractivity contribution in [1.29, 1.82) is 0 Å². The van der Waals surface area contributed by atoms with Gasteiger partial charge in [-0.05, 0) is 24.3 Å². The zero-order chi connectivity index (χ0) is 17.9. The number of hydrogen-bond acceptors (Lipinski definition) is 7. The largest absolute Gasteiger partial charge is 0.353 e. The molecule has 4 rings (SSSR count). The highest BCUT2D eigenvalue weighted by Crippen LogP contribution is 2.26. The summed E-state index contributed by atoms with van der Waals surface area (Å²) in [5, 5.41) is 21.1. The van der Waals surface area contributed by atoms with Crippen LogP contribution in [0, 0.1) is 5.82 Å². The molecule has 2 heterocycles. The highest BCUT2D eigenvalue weighted by atomic mass is 32.1. The average Bonchev–Trinajstić information content (AvgIpc) is 3.29. The lowest BCUT2D eigenvalue weighted by Gasteiger charge is -2.04. The molecule has 4 aromatic rings. The molecule has 7 nitrogen and oxygen atoms in total. The average molecular weight is 367 g/mol. The maximum atomic E-state index is 13.0. The fourth-order valence-electron chi connectivity index (χ4n) is 2.39. The first-order valence-electron chi connectivity index (χ1n) is 7.79. The summed E-state index contributed by atoms with van der Waals surface area (Å²) in [5.74, 6) is 6.73. The SMILES string of the molecule is Nn1c(CNc2nnc(-c3ccccc3)s2)nnc1-c1ccc(F)cc1. The number of hydrogen-bond donors (Lipinski definition) is 2. The van der Waals surface area contributed by atoms with Crippen molar-refractivity contribution in [2.75, 3.05) is 11.2 Å². The second-order valence-electron chi connectivity index (χ2n) is 5.45. The molecule has 130 valence electrons. The molecule has 2 aromatic heterocycles. The van der Waals surface area contributed by atoms with Crippen LogP contribution in [0.3, 0.4) is 0 Å². The van der Waals surface area contributed by atoms with Crippen LogP contribution in [0.25, 0.3) is 22.0 Å². The zero-order valence-corrected chi connectivity index (χ0v) is 14.3. The molecule has 0 radical (unpaired) electrons. The van der Waals surface area contributed by atoms with E-state index in [4.69, 9.17) is 5.84 Å². The van der Waals surface area contributed by atoms with Crippen molar-refractivity contribution in [3.8, 4) is 22.0 Å². The van der Waals surface area contributed by atoms with Crippen LogP contribution in [-0.2, 0) is 6.54 Å². The lowest BCUT2D eigenvalue weighted by atomic mass is 10.2. The predicted molar refractivity (Wildman–Crippen MR) is 98.2 cm³/mol. The number of nitrogens with two attached hydrogens (primary N) is 1. The Hall–Kier alpha value is -3.33. The van der Waals surface area contributed by atoms with Gasteiger partial charge in [-0.3, -0.25) is 0 Å². The van der Waals surface area contributed by atoms with Crippen LogP contribution in [0.1, 0.15) is 5.82 Å². The molecule has 0 unspecified atom stereocenters. The molecular weight excluding hydrogens is 353 g/mol. The highest BCUT2D eigenvalue weighted by molar-refractivity contribution is 7.18. The fourth-order valence-corrected chi connectivity index (χ4v) is 3.13. The Morgan fingerprint density at radius 2 is 1.69 bits per heavy atom. The van der Waals surface area contributed by atoms with E-state index in [1.54, 1.807) is 12.1 Å². The quantitative estimate of drug-likeness (QED) is 0.527. The normalized spacial score (nSPS) is 10.8. The third-order valence-electron chi connectivity index (χ3n) is 3.71. The van der Waals surface area contributed by atoms with Crippen LogP contribution in [0.5, 0.6) is 0 Å². The highest BCUT2D eigenvalue weighted by Gasteiger charge is 2.13. The number of halogens is 1. The van der Waals surface area contributed by atoms with Gasteiger partial charge in [-0.25, -0.2) is 9.07 Å². The molecule has 0 saturated carbocycles. The number of nitrogen functional groups attached to an aromatic ring is 1. The monoisotopic (exact) mass is 367 g/mol. The predicted octanol–water partition coefficient (Wildman–Crippen LogP) is 2.93. The van der Waals surface area contributed by atoms with E-state index in [0.29, 0.717) is 28.9 Å². The molecule has 0 aliphatic heterocycles. The van der Waals surface area contributed by atoms with Crippen LogP contribution in [0.4, 0.5) is 9.52 Å². The second-order valence-corrected chi connectivity index (χ2v) is 6.43. The summed E-state index contributed by atoms with van der Waals surface area (Å²) in [7, 11) is 0. The van der Waals surface area contributed by atoms with Gasteiger partial charge in [0.2, 0.25) is 5.13 Å². The molecule has 0 spiro atoms. The van der Waals surface area contributed by atoms with E-state index < -0.39 is 0 Å². The Morgan fingerprint density at radius 3 is 2.46 bits per heavy atom. The molecule has 3 N–H and O–H groups in total. The van der Waals surface area contributed by atoms with E-state index in [-0.39, 0.29) is 5.82 Å². The molecule has 9 heteroatoms. The topological polar surface area (TPSA) is 94.5 Å². The van der Waals surface area contributed by atoms with Crippen LogP contribution < -0.4 is 11.2 Å². The Morgan fingerprint density at radius 1 is 0.923 bits per heavy atom. The second kappa shape index (κ2) is 6.89. The van der Waals surface area contributed by atoms with Crippen molar-refractivity contribution < 1.29 is 4.39 Å². The molecule has 0 aliphatic rings. The minimum atomic E-state index is -0.316. The van der Waals surface area contributed by atoms with Gasteiger partial charge in [0.1, 0.15) is 10.8 Å². The van der Waals surface area contributed by atoms with Crippen LogP contribution in [0.2, 0.25) is 0 Å². The number of anilines is 1. The van der Waals surface area contributed by atoms with E-state index in [0.717, 1.165) is 10.6 Å². The maximum absolute atomic E-state index is 13.0. The van der Waals surface area contributed by atoms with Gasteiger partial charge in [0, 0.05) is 11.1 Å². The Labute approximate surface area is 152 Å². The van der Waals surface area contributed by atoms with E-state index in [1.807, 2.05) is 30.3 Å². The number of benzene rings is 2. The fraction of sp³-hybridized carbons (Fsp3) is 0.0588. The van der Waals surface area contributed by atoms with Crippen molar-refractivity contribution in [3.05, 3.63) is 66.2 Å². The van der Waals surface area contributed by atoms with Gasteiger partial charge in [0.15, 0.2) is 11.6 Å². The molecule has 0 fully saturated rings. The molecule has 26 heavy (non-hydrogen) atoms. The Kier molecular flexibility index (Phi) is 4.28. The van der Waals surface area contributed by atoms with Crippen molar-refractivity contribution in [3.63, 3.8) is 0 Å². The lowest BCUT2D eigenvalue weighted by molar-refractivity contribution is 0.628. The summed E-state index contributed by atoms with van der Waals surface area (Å²) < 4.78 is 14.4. The van der Waals surface area contributed by atoms with Gasteiger partial charge in [-0.1, -0.05) is 41.7 Å². The van der Waals surface area contributed by atoms with Gasteiger partial charge in [-0.15, -0.1) is 20.4 Å². The van der Waals surface area contributed by atoms with Crippen LogP contribution in [-0.4, -0.2) is 25.1 Å². The minimum absolute atomic E-state index is 0.316. The van der Waals surface area contributed by atoms with Gasteiger partial charge < -0.3 is 11.2 Å². The summed E-state index contributed by atoms with van der Waals surface area (Å²) in [6, 6.07) is 15.8. The molecule has 0 saturated heterocycles. The number of nitrogens with one attached hydrogen (secondary N) is 1. The smallest absolute Gasteiger partial charge is 0.206 e. The van der Waals surface area contributed by atoms with Crippen molar-refractivity contribution >= 4 is 16.5 Å². The summed E-state index contributed by atoms with van der Waals surface area (Å²) >= 11 is 1.44.